The third-order valence-electron chi connectivity index (χ3n) is 3.37. The smallest absolute Gasteiger partial charge is 0.248 e. The summed E-state index contributed by atoms with van der Waals surface area (Å²) in [6.07, 6.45) is 0. The molecule has 0 saturated heterocycles. The SMILES string of the molecule is Cc1ccccc1COc1cccc2ccc(=O)[nH]c12. The van der Waals surface area contributed by atoms with Gasteiger partial charge in [0.05, 0.1) is 5.52 Å². The van der Waals surface area contributed by atoms with Crippen molar-refractivity contribution in [1.29, 1.82) is 0 Å². The van der Waals surface area contributed by atoms with Gasteiger partial charge in [0, 0.05) is 11.5 Å². The van der Waals surface area contributed by atoms with Crippen LogP contribution in [0.4, 0.5) is 0 Å². The van der Waals surface area contributed by atoms with Crippen molar-refractivity contribution in [2.45, 2.75) is 13.5 Å². The number of para-hydroxylation sites is 1. The lowest BCUT2D eigenvalue weighted by atomic mass is 10.1. The Kier molecular flexibility index (Phi) is 3.25. The molecule has 0 bridgehead atoms. The zero-order chi connectivity index (χ0) is 13.9. The topological polar surface area (TPSA) is 42.1 Å². The minimum Gasteiger partial charge on any atom is -0.487 e. The molecule has 0 fully saturated rings. The number of benzene rings is 2. The molecular weight excluding hydrogens is 250 g/mol. The van der Waals surface area contributed by atoms with E-state index in [1.54, 1.807) is 6.07 Å². The average molecular weight is 265 g/mol. The number of pyridine rings is 1. The number of aromatic nitrogens is 1. The van der Waals surface area contributed by atoms with Crippen LogP contribution in [0.3, 0.4) is 0 Å². The molecule has 2 aromatic carbocycles. The summed E-state index contributed by atoms with van der Waals surface area (Å²) in [6.45, 7) is 2.55. The second-order valence-corrected chi connectivity index (χ2v) is 4.76. The summed E-state index contributed by atoms with van der Waals surface area (Å²) in [5.41, 5.74) is 2.96. The van der Waals surface area contributed by atoms with E-state index in [1.165, 1.54) is 11.6 Å². The van der Waals surface area contributed by atoms with Crippen LogP contribution in [0.25, 0.3) is 10.9 Å². The van der Waals surface area contributed by atoms with Crippen LogP contribution in [0, 0.1) is 6.92 Å². The molecule has 3 rings (SSSR count). The molecule has 3 nitrogen and oxygen atoms in total. The van der Waals surface area contributed by atoms with E-state index >= 15 is 0 Å². The summed E-state index contributed by atoms with van der Waals surface area (Å²) in [5.74, 6) is 0.698. The summed E-state index contributed by atoms with van der Waals surface area (Å²) in [5, 5.41) is 0.965. The molecule has 0 radical (unpaired) electrons. The molecule has 3 aromatic rings. The molecule has 0 aliphatic rings. The van der Waals surface area contributed by atoms with Crippen molar-refractivity contribution in [3.05, 3.63) is 76.1 Å². The molecule has 0 atom stereocenters. The molecule has 20 heavy (non-hydrogen) atoms. The van der Waals surface area contributed by atoms with Crippen molar-refractivity contribution in [1.82, 2.24) is 4.98 Å². The predicted octanol–water partition coefficient (Wildman–Crippen LogP) is 3.42. The fourth-order valence-electron chi connectivity index (χ4n) is 2.20. The van der Waals surface area contributed by atoms with E-state index in [4.69, 9.17) is 4.74 Å². The molecule has 100 valence electrons. The minimum absolute atomic E-state index is 0.121. The Labute approximate surface area is 116 Å². The zero-order valence-corrected chi connectivity index (χ0v) is 11.2. The molecule has 0 unspecified atom stereocenters. The number of hydrogen-bond acceptors (Lipinski definition) is 2. The van der Waals surface area contributed by atoms with Gasteiger partial charge in [-0.1, -0.05) is 36.4 Å². The molecule has 0 amide bonds. The van der Waals surface area contributed by atoms with Crippen molar-refractivity contribution >= 4 is 10.9 Å². The molecule has 0 aliphatic carbocycles. The van der Waals surface area contributed by atoms with E-state index in [-0.39, 0.29) is 5.56 Å². The highest BCUT2D eigenvalue weighted by molar-refractivity contribution is 5.84. The van der Waals surface area contributed by atoms with Crippen molar-refractivity contribution in [2.75, 3.05) is 0 Å². The quantitative estimate of drug-likeness (QED) is 0.788. The monoisotopic (exact) mass is 265 g/mol. The van der Waals surface area contributed by atoms with E-state index in [2.05, 4.69) is 18.0 Å². The van der Waals surface area contributed by atoms with Gasteiger partial charge in [0.1, 0.15) is 12.4 Å². The molecule has 0 aliphatic heterocycles. The highest BCUT2D eigenvalue weighted by Crippen LogP contribution is 2.23. The fraction of sp³-hybridized carbons (Fsp3) is 0.118. The van der Waals surface area contributed by atoms with Gasteiger partial charge in [-0.3, -0.25) is 4.79 Å². The number of hydrogen-bond donors (Lipinski definition) is 1. The number of rotatable bonds is 3. The summed E-state index contributed by atoms with van der Waals surface area (Å²) in [6, 6.07) is 17.2. The average Bonchev–Trinajstić information content (AvgIpc) is 2.46. The lowest BCUT2D eigenvalue weighted by Crippen LogP contribution is -2.04. The van der Waals surface area contributed by atoms with Crippen LogP contribution < -0.4 is 10.3 Å². The van der Waals surface area contributed by atoms with Crippen molar-refractivity contribution in [2.24, 2.45) is 0 Å². The fourth-order valence-corrected chi connectivity index (χ4v) is 2.20. The molecule has 1 aromatic heterocycles. The standard InChI is InChI=1S/C17H15NO2/c1-12-5-2-3-6-14(12)11-20-15-8-4-7-13-9-10-16(19)18-17(13)15/h2-10H,11H2,1H3,(H,18,19). The number of H-pyrrole nitrogens is 1. The number of ether oxygens (including phenoxy) is 1. The highest BCUT2D eigenvalue weighted by atomic mass is 16.5. The Balaban J connectivity index is 1.93. The molecule has 1 N–H and O–H groups in total. The van der Waals surface area contributed by atoms with E-state index in [0.29, 0.717) is 12.4 Å². The third-order valence-corrected chi connectivity index (χ3v) is 3.37. The van der Waals surface area contributed by atoms with Gasteiger partial charge in [-0.05, 0) is 30.2 Å². The van der Waals surface area contributed by atoms with Crippen molar-refractivity contribution in [3.8, 4) is 5.75 Å². The van der Waals surface area contributed by atoms with Crippen LogP contribution in [-0.4, -0.2) is 4.98 Å². The van der Waals surface area contributed by atoms with Gasteiger partial charge in [-0.15, -0.1) is 0 Å². The largest absolute Gasteiger partial charge is 0.487 e. The van der Waals surface area contributed by atoms with E-state index < -0.39 is 0 Å². The summed E-state index contributed by atoms with van der Waals surface area (Å²) in [7, 11) is 0. The number of aromatic amines is 1. The Morgan fingerprint density at radius 1 is 1.00 bits per heavy atom. The Morgan fingerprint density at radius 2 is 1.85 bits per heavy atom. The first-order chi connectivity index (χ1) is 9.74. The van der Waals surface area contributed by atoms with Crippen LogP contribution in [-0.2, 0) is 6.61 Å². The lowest BCUT2D eigenvalue weighted by Gasteiger charge is -2.10. The van der Waals surface area contributed by atoms with Gasteiger partial charge in [0.25, 0.3) is 0 Å². The zero-order valence-electron chi connectivity index (χ0n) is 11.2. The Morgan fingerprint density at radius 3 is 2.70 bits per heavy atom. The van der Waals surface area contributed by atoms with Crippen LogP contribution in [0.2, 0.25) is 0 Å². The van der Waals surface area contributed by atoms with Gasteiger partial charge in [-0.2, -0.15) is 0 Å². The van der Waals surface area contributed by atoms with E-state index in [9.17, 15) is 4.79 Å². The third kappa shape index (κ3) is 2.43. The van der Waals surface area contributed by atoms with E-state index in [0.717, 1.165) is 16.5 Å². The summed E-state index contributed by atoms with van der Waals surface area (Å²) < 4.78 is 5.87. The molecule has 3 heteroatoms. The van der Waals surface area contributed by atoms with E-state index in [1.807, 2.05) is 36.4 Å². The van der Waals surface area contributed by atoms with Gasteiger partial charge >= 0.3 is 0 Å². The lowest BCUT2D eigenvalue weighted by molar-refractivity contribution is 0.308. The maximum absolute atomic E-state index is 11.5. The van der Waals surface area contributed by atoms with Crippen molar-refractivity contribution in [3.63, 3.8) is 0 Å². The summed E-state index contributed by atoms with van der Waals surface area (Å²) >= 11 is 0. The van der Waals surface area contributed by atoms with Crippen LogP contribution in [0.5, 0.6) is 5.75 Å². The van der Waals surface area contributed by atoms with Gasteiger partial charge in [-0.25, -0.2) is 0 Å². The number of nitrogens with one attached hydrogen (secondary N) is 1. The molecule has 0 spiro atoms. The Hall–Kier alpha value is -2.55. The Bertz CT molecular complexity index is 805. The van der Waals surface area contributed by atoms with Gasteiger partial charge in [0.2, 0.25) is 5.56 Å². The highest BCUT2D eigenvalue weighted by Gasteiger charge is 2.04. The first-order valence-electron chi connectivity index (χ1n) is 6.53. The normalized spacial score (nSPS) is 10.7. The number of aryl methyl sites for hydroxylation is 1. The molecule has 1 heterocycles. The summed E-state index contributed by atoms with van der Waals surface area (Å²) in [4.78, 5) is 14.3. The minimum atomic E-state index is -0.121. The van der Waals surface area contributed by atoms with Crippen LogP contribution >= 0.6 is 0 Å². The first-order valence-corrected chi connectivity index (χ1v) is 6.53. The van der Waals surface area contributed by atoms with Crippen LogP contribution in [0.1, 0.15) is 11.1 Å². The second-order valence-electron chi connectivity index (χ2n) is 4.76. The molecule has 0 saturated carbocycles. The predicted molar refractivity (Wildman–Crippen MR) is 80.1 cm³/mol. The first kappa shape index (κ1) is 12.5. The van der Waals surface area contributed by atoms with Gasteiger partial charge in [0.15, 0.2) is 0 Å². The van der Waals surface area contributed by atoms with Crippen molar-refractivity contribution < 1.29 is 4.74 Å². The van der Waals surface area contributed by atoms with Gasteiger partial charge < -0.3 is 9.72 Å². The maximum Gasteiger partial charge on any atom is 0.248 e. The molecular formula is C17H15NO2. The second kappa shape index (κ2) is 5.21. The van der Waals surface area contributed by atoms with Crippen LogP contribution in [0.15, 0.2) is 59.4 Å². The maximum atomic E-state index is 11.5. The number of fused-ring (bicyclic) bond motifs is 1.